The van der Waals surface area contributed by atoms with Crippen molar-refractivity contribution in [1.29, 1.82) is 0 Å². The minimum Gasteiger partial charge on any atom is -0.486 e. The minimum absolute atomic E-state index is 0. The predicted octanol–water partition coefficient (Wildman–Crippen LogP) is 3.37. The molecule has 1 aromatic carbocycles. The van der Waals surface area contributed by atoms with E-state index in [1.807, 2.05) is 45.0 Å². The van der Waals surface area contributed by atoms with Crippen LogP contribution in [-0.2, 0) is 4.79 Å². The third kappa shape index (κ3) is 5.94. The van der Waals surface area contributed by atoms with E-state index in [4.69, 9.17) is 4.74 Å². The summed E-state index contributed by atoms with van der Waals surface area (Å²) in [6.45, 7) is 7.00. The Morgan fingerprint density at radius 2 is 2.10 bits per heavy atom. The molecule has 1 aromatic rings. The van der Waals surface area contributed by atoms with Crippen molar-refractivity contribution in [2.75, 3.05) is 11.9 Å². The summed E-state index contributed by atoms with van der Waals surface area (Å²) in [4.78, 5) is 12.1. The summed E-state index contributed by atoms with van der Waals surface area (Å²) >= 11 is 0. The van der Waals surface area contributed by atoms with Crippen molar-refractivity contribution < 1.29 is 9.53 Å². The van der Waals surface area contributed by atoms with Crippen LogP contribution in [0.25, 0.3) is 0 Å². The van der Waals surface area contributed by atoms with Crippen LogP contribution >= 0.6 is 12.4 Å². The van der Waals surface area contributed by atoms with E-state index >= 15 is 0 Å². The van der Waals surface area contributed by atoms with Gasteiger partial charge in [-0.2, -0.15) is 0 Å². The number of carbonyl (C=O) groups excluding carboxylic acids is 1. The molecule has 1 saturated heterocycles. The number of halogens is 1. The SMILES string of the molecule is CC(C)(C)Oc1ccccc1NC(=O)CC1CCCN1.Cl. The van der Waals surface area contributed by atoms with Gasteiger partial charge in [0.2, 0.25) is 5.91 Å². The van der Waals surface area contributed by atoms with E-state index in [2.05, 4.69) is 10.6 Å². The largest absolute Gasteiger partial charge is 0.486 e. The Balaban J connectivity index is 0.00000220. The Morgan fingerprint density at radius 1 is 1.38 bits per heavy atom. The Bertz CT molecular complexity index is 466. The maximum Gasteiger partial charge on any atom is 0.226 e. The van der Waals surface area contributed by atoms with Crippen LogP contribution in [0.5, 0.6) is 5.75 Å². The van der Waals surface area contributed by atoms with E-state index in [1.165, 1.54) is 0 Å². The average Bonchev–Trinajstić information content (AvgIpc) is 2.82. The lowest BCUT2D eigenvalue weighted by Crippen LogP contribution is -2.28. The van der Waals surface area contributed by atoms with Crippen molar-refractivity contribution >= 4 is 24.0 Å². The van der Waals surface area contributed by atoms with E-state index in [0.29, 0.717) is 18.2 Å². The van der Waals surface area contributed by atoms with Crippen LogP contribution < -0.4 is 15.4 Å². The first-order chi connectivity index (χ1) is 9.44. The van der Waals surface area contributed by atoms with Gasteiger partial charge in [0, 0.05) is 12.5 Å². The fourth-order valence-corrected chi connectivity index (χ4v) is 2.34. The fourth-order valence-electron chi connectivity index (χ4n) is 2.34. The van der Waals surface area contributed by atoms with Crippen LogP contribution in [0.4, 0.5) is 5.69 Å². The van der Waals surface area contributed by atoms with Crippen LogP contribution in [0.2, 0.25) is 0 Å². The summed E-state index contributed by atoms with van der Waals surface area (Å²) in [5, 5.41) is 6.29. The van der Waals surface area contributed by atoms with Crippen LogP contribution in [-0.4, -0.2) is 24.1 Å². The van der Waals surface area contributed by atoms with Gasteiger partial charge in [0.1, 0.15) is 11.4 Å². The number of amides is 1. The number of hydrogen-bond donors (Lipinski definition) is 2. The number of rotatable bonds is 4. The van der Waals surface area contributed by atoms with Gasteiger partial charge in [0.15, 0.2) is 0 Å². The molecule has 0 radical (unpaired) electrons. The summed E-state index contributed by atoms with van der Waals surface area (Å²) < 4.78 is 5.87. The molecular formula is C16H25ClN2O2. The van der Waals surface area contributed by atoms with E-state index in [0.717, 1.165) is 25.1 Å². The number of carbonyl (C=O) groups is 1. The molecule has 1 amide bonds. The third-order valence-corrected chi connectivity index (χ3v) is 3.17. The molecule has 1 heterocycles. The first-order valence-electron chi connectivity index (χ1n) is 7.25. The standard InChI is InChI=1S/C16H24N2O2.ClH/c1-16(2,3)20-14-9-5-4-8-13(14)18-15(19)11-12-7-6-10-17-12;/h4-5,8-9,12,17H,6-7,10-11H2,1-3H3,(H,18,19);1H. The highest BCUT2D eigenvalue weighted by Crippen LogP contribution is 2.27. The van der Waals surface area contributed by atoms with Gasteiger partial charge in [-0.3, -0.25) is 4.79 Å². The number of ether oxygens (including phenoxy) is 1. The normalized spacial score (nSPS) is 18.0. The second kappa shape index (κ2) is 7.66. The summed E-state index contributed by atoms with van der Waals surface area (Å²) in [7, 11) is 0. The topological polar surface area (TPSA) is 50.4 Å². The van der Waals surface area contributed by atoms with Gasteiger partial charge >= 0.3 is 0 Å². The second-order valence-electron chi connectivity index (χ2n) is 6.26. The van der Waals surface area contributed by atoms with Gasteiger partial charge in [-0.25, -0.2) is 0 Å². The van der Waals surface area contributed by atoms with Gasteiger partial charge in [0.05, 0.1) is 5.69 Å². The molecule has 2 N–H and O–H groups in total. The Labute approximate surface area is 133 Å². The zero-order chi connectivity index (χ0) is 14.6. The van der Waals surface area contributed by atoms with Gasteiger partial charge in [0.25, 0.3) is 0 Å². The van der Waals surface area contributed by atoms with Crippen molar-refractivity contribution in [1.82, 2.24) is 5.32 Å². The molecule has 1 aliphatic heterocycles. The molecule has 0 bridgehead atoms. The summed E-state index contributed by atoms with van der Waals surface area (Å²) in [6, 6.07) is 7.88. The quantitative estimate of drug-likeness (QED) is 0.896. The molecule has 5 heteroatoms. The Hall–Kier alpha value is -1.26. The molecule has 1 unspecified atom stereocenters. The highest BCUT2D eigenvalue weighted by atomic mass is 35.5. The van der Waals surface area contributed by atoms with Crippen molar-refractivity contribution in [3.8, 4) is 5.75 Å². The molecule has 4 nitrogen and oxygen atoms in total. The van der Waals surface area contributed by atoms with E-state index in [-0.39, 0.29) is 23.9 Å². The molecule has 118 valence electrons. The smallest absolute Gasteiger partial charge is 0.226 e. The van der Waals surface area contributed by atoms with E-state index in [1.54, 1.807) is 0 Å². The Kier molecular flexibility index (Phi) is 6.49. The predicted molar refractivity (Wildman–Crippen MR) is 88.3 cm³/mol. The highest BCUT2D eigenvalue weighted by Gasteiger charge is 2.19. The van der Waals surface area contributed by atoms with Crippen molar-refractivity contribution in [2.24, 2.45) is 0 Å². The maximum atomic E-state index is 12.1. The minimum atomic E-state index is -0.284. The number of nitrogens with one attached hydrogen (secondary N) is 2. The number of anilines is 1. The van der Waals surface area contributed by atoms with Crippen molar-refractivity contribution in [3.63, 3.8) is 0 Å². The zero-order valence-electron chi connectivity index (χ0n) is 12.9. The second-order valence-corrected chi connectivity index (χ2v) is 6.26. The van der Waals surface area contributed by atoms with Gasteiger partial charge in [-0.1, -0.05) is 12.1 Å². The van der Waals surface area contributed by atoms with Crippen molar-refractivity contribution in [3.05, 3.63) is 24.3 Å². The van der Waals surface area contributed by atoms with Crippen LogP contribution in [0.3, 0.4) is 0 Å². The molecule has 0 saturated carbocycles. The third-order valence-electron chi connectivity index (χ3n) is 3.17. The van der Waals surface area contributed by atoms with Crippen LogP contribution in [0.1, 0.15) is 40.0 Å². The monoisotopic (exact) mass is 312 g/mol. The zero-order valence-corrected chi connectivity index (χ0v) is 13.8. The lowest BCUT2D eigenvalue weighted by atomic mass is 10.1. The van der Waals surface area contributed by atoms with Gasteiger partial charge in [-0.05, 0) is 52.3 Å². The summed E-state index contributed by atoms with van der Waals surface area (Å²) in [5.74, 6) is 0.752. The molecule has 1 atom stereocenters. The summed E-state index contributed by atoms with van der Waals surface area (Å²) in [5.41, 5.74) is 0.457. The summed E-state index contributed by atoms with van der Waals surface area (Å²) in [6.07, 6.45) is 2.75. The highest BCUT2D eigenvalue weighted by molar-refractivity contribution is 5.92. The van der Waals surface area contributed by atoms with E-state index in [9.17, 15) is 4.79 Å². The molecule has 0 aromatic heterocycles. The Morgan fingerprint density at radius 3 is 2.71 bits per heavy atom. The number of para-hydroxylation sites is 2. The molecule has 0 aliphatic carbocycles. The van der Waals surface area contributed by atoms with E-state index < -0.39 is 0 Å². The molecule has 1 aliphatic rings. The average molecular weight is 313 g/mol. The van der Waals surface area contributed by atoms with Crippen LogP contribution in [0.15, 0.2) is 24.3 Å². The first kappa shape index (κ1) is 17.8. The lowest BCUT2D eigenvalue weighted by molar-refractivity contribution is -0.116. The first-order valence-corrected chi connectivity index (χ1v) is 7.25. The number of benzene rings is 1. The van der Waals surface area contributed by atoms with Crippen LogP contribution in [0, 0.1) is 0 Å². The molecule has 21 heavy (non-hydrogen) atoms. The maximum absolute atomic E-state index is 12.1. The fraction of sp³-hybridized carbons (Fsp3) is 0.562. The van der Waals surface area contributed by atoms with Gasteiger partial charge < -0.3 is 15.4 Å². The lowest BCUT2D eigenvalue weighted by Gasteiger charge is -2.23. The molecule has 1 fully saturated rings. The molecular weight excluding hydrogens is 288 g/mol. The van der Waals surface area contributed by atoms with Crippen molar-refractivity contribution in [2.45, 2.75) is 51.7 Å². The van der Waals surface area contributed by atoms with Gasteiger partial charge in [-0.15, -0.1) is 12.4 Å². The number of hydrogen-bond acceptors (Lipinski definition) is 3. The molecule has 2 rings (SSSR count). The molecule has 0 spiro atoms.